The molecule has 1 heterocycles. The Bertz CT molecular complexity index is 562. The number of hydrogen-bond acceptors (Lipinski definition) is 1. The molecule has 1 radical (unpaired) electrons. The smallest absolute Gasteiger partial charge is 0.157 e. The molecule has 3 rings (SSSR count). The third-order valence-electron chi connectivity index (χ3n) is 3.68. The Kier molecular flexibility index (Phi) is 3.48. The molecule has 2 aromatic rings. The molecule has 2 heteroatoms. The summed E-state index contributed by atoms with van der Waals surface area (Å²) in [6.45, 7) is 3.02. The maximum atomic E-state index is 6.39. The lowest BCUT2D eigenvalue weighted by molar-refractivity contribution is 0.889. The highest BCUT2D eigenvalue weighted by atomic mass is 35.5. The molecule has 1 aliphatic rings. The van der Waals surface area contributed by atoms with Gasteiger partial charge in [0, 0.05) is 18.7 Å². The van der Waals surface area contributed by atoms with Crippen LogP contribution in [0.5, 0.6) is 0 Å². The Morgan fingerprint density at radius 1 is 1.00 bits per heavy atom. The normalized spacial score (nSPS) is 14.7. The van der Waals surface area contributed by atoms with Crippen LogP contribution in [0.25, 0.3) is 0 Å². The lowest BCUT2D eigenvalue weighted by atomic mass is 10.1. The monoisotopic (exact) mass is 270 g/mol. The first-order valence-corrected chi connectivity index (χ1v) is 7.10. The Morgan fingerprint density at radius 3 is 2.42 bits per heavy atom. The van der Waals surface area contributed by atoms with Crippen LogP contribution in [-0.4, -0.2) is 0 Å². The molecule has 0 unspecified atom stereocenters. The van der Waals surface area contributed by atoms with Crippen LogP contribution in [-0.2, 0) is 19.4 Å². The fourth-order valence-corrected chi connectivity index (χ4v) is 2.84. The van der Waals surface area contributed by atoms with Gasteiger partial charge in [-0.1, -0.05) is 61.0 Å². The van der Waals surface area contributed by atoms with E-state index in [1.165, 1.54) is 22.4 Å². The highest BCUT2D eigenvalue weighted by molar-refractivity contribution is 6.29. The molecule has 0 saturated carbocycles. The molecule has 19 heavy (non-hydrogen) atoms. The summed E-state index contributed by atoms with van der Waals surface area (Å²) < 4.78 is 0. The van der Waals surface area contributed by atoms with E-state index in [2.05, 4.69) is 60.4 Å². The van der Waals surface area contributed by atoms with Crippen molar-refractivity contribution in [3.8, 4) is 0 Å². The lowest BCUT2D eigenvalue weighted by Crippen LogP contribution is -2.20. The van der Waals surface area contributed by atoms with Gasteiger partial charge in [0.15, 0.2) is 5.50 Å². The minimum atomic E-state index is 0.847. The van der Waals surface area contributed by atoms with Gasteiger partial charge in [-0.2, -0.15) is 0 Å². The average molecular weight is 271 g/mol. The van der Waals surface area contributed by atoms with Crippen molar-refractivity contribution >= 4 is 17.3 Å². The molecule has 0 aliphatic carbocycles. The third-order valence-corrected chi connectivity index (χ3v) is 4.02. The maximum Gasteiger partial charge on any atom is 0.157 e. The Morgan fingerprint density at radius 2 is 1.68 bits per heavy atom. The quantitative estimate of drug-likeness (QED) is 0.740. The SMILES string of the molecule is CCc1ccc(CN2[C](Cl)Cc3ccccc32)cc1. The molecule has 0 spiro atoms. The molecule has 1 nitrogen and oxygen atoms in total. The predicted octanol–water partition coefficient (Wildman–Crippen LogP) is 4.54. The number of para-hydroxylation sites is 1. The lowest BCUT2D eigenvalue weighted by Gasteiger charge is -2.22. The molecular weight excluding hydrogens is 254 g/mol. The second-order valence-electron chi connectivity index (χ2n) is 4.94. The predicted molar refractivity (Wildman–Crippen MR) is 81.2 cm³/mol. The van der Waals surface area contributed by atoms with E-state index in [1.807, 2.05) is 0 Å². The minimum Gasteiger partial charge on any atom is -0.345 e. The second kappa shape index (κ2) is 5.26. The maximum absolute atomic E-state index is 6.39. The topological polar surface area (TPSA) is 3.24 Å². The molecule has 97 valence electrons. The Labute approximate surface area is 119 Å². The zero-order chi connectivity index (χ0) is 13.2. The van der Waals surface area contributed by atoms with E-state index >= 15 is 0 Å². The van der Waals surface area contributed by atoms with E-state index in [-0.39, 0.29) is 0 Å². The van der Waals surface area contributed by atoms with Crippen LogP contribution in [0, 0.1) is 5.50 Å². The van der Waals surface area contributed by atoms with Crippen LogP contribution in [0.3, 0.4) is 0 Å². The molecule has 0 saturated heterocycles. The van der Waals surface area contributed by atoms with Crippen LogP contribution in [0.2, 0.25) is 0 Å². The van der Waals surface area contributed by atoms with Gasteiger partial charge in [0.05, 0.1) is 0 Å². The number of anilines is 1. The van der Waals surface area contributed by atoms with Crippen molar-refractivity contribution < 1.29 is 0 Å². The first kappa shape index (κ1) is 12.6. The molecule has 2 aromatic carbocycles. The summed E-state index contributed by atoms with van der Waals surface area (Å²) in [4.78, 5) is 2.21. The molecular formula is C17H17ClN. The van der Waals surface area contributed by atoms with Crippen LogP contribution in [0.1, 0.15) is 23.6 Å². The number of aryl methyl sites for hydroxylation is 1. The Hall–Kier alpha value is -1.47. The van der Waals surface area contributed by atoms with Gasteiger partial charge in [0.2, 0.25) is 0 Å². The molecule has 0 bridgehead atoms. The first-order valence-electron chi connectivity index (χ1n) is 6.72. The van der Waals surface area contributed by atoms with Crippen molar-refractivity contribution in [3.63, 3.8) is 0 Å². The van der Waals surface area contributed by atoms with Crippen LogP contribution >= 0.6 is 11.6 Å². The van der Waals surface area contributed by atoms with Crippen molar-refractivity contribution in [3.05, 3.63) is 70.7 Å². The molecule has 0 amide bonds. The number of fused-ring (bicyclic) bond motifs is 1. The average Bonchev–Trinajstić information content (AvgIpc) is 2.76. The number of rotatable bonds is 3. The number of nitrogens with zero attached hydrogens (tertiary/aromatic N) is 1. The molecule has 0 N–H and O–H groups in total. The summed E-state index contributed by atoms with van der Waals surface area (Å²) in [6, 6.07) is 17.2. The first-order chi connectivity index (χ1) is 9.28. The van der Waals surface area contributed by atoms with E-state index in [0.717, 1.165) is 24.9 Å². The largest absolute Gasteiger partial charge is 0.345 e. The second-order valence-corrected chi connectivity index (χ2v) is 5.37. The van der Waals surface area contributed by atoms with Crippen LogP contribution in [0.15, 0.2) is 48.5 Å². The van der Waals surface area contributed by atoms with Gasteiger partial charge in [-0.05, 0) is 29.2 Å². The molecule has 0 aromatic heterocycles. The molecule has 1 aliphatic heterocycles. The van der Waals surface area contributed by atoms with Gasteiger partial charge in [-0.15, -0.1) is 0 Å². The van der Waals surface area contributed by atoms with Crippen molar-refractivity contribution in [1.82, 2.24) is 0 Å². The van der Waals surface area contributed by atoms with E-state index in [4.69, 9.17) is 11.6 Å². The summed E-state index contributed by atoms with van der Waals surface area (Å²) in [7, 11) is 0. The highest BCUT2D eigenvalue weighted by Crippen LogP contribution is 2.39. The highest BCUT2D eigenvalue weighted by Gasteiger charge is 2.28. The summed E-state index contributed by atoms with van der Waals surface area (Å²) in [5, 5.41) is 0. The van der Waals surface area contributed by atoms with Gasteiger partial charge in [0.25, 0.3) is 0 Å². The summed E-state index contributed by atoms with van der Waals surface area (Å²) in [6.07, 6.45) is 1.94. The summed E-state index contributed by atoms with van der Waals surface area (Å²) in [5.74, 6) is 0. The van der Waals surface area contributed by atoms with E-state index < -0.39 is 0 Å². The zero-order valence-corrected chi connectivity index (χ0v) is 11.8. The zero-order valence-electron chi connectivity index (χ0n) is 11.1. The minimum absolute atomic E-state index is 0.847. The Balaban J connectivity index is 1.82. The van der Waals surface area contributed by atoms with Crippen molar-refractivity contribution in [2.45, 2.75) is 26.3 Å². The van der Waals surface area contributed by atoms with E-state index in [1.54, 1.807) is 0 Å². The summed E-state index contributed by atoms with van der Waals surface area (Å²) >= 11 is 6.39. The van der Waals surface area contributed by atoms with Crippen LogP contribution in [0.4, 0.5) is 5.69 Å². The van der Waals surface area contributed by atoms with Gasteiger partial charge < -0.3 is 4.90 Å². The third kappa shape index (κ3) is 2.48. The fraction of sp³-hybridized carbons (Fsp3) is 0.235. The standard InChI is InChI=1S/C17H17ClN/c1-2-13-7-9-14(10-8-13)12-19-16-6-4-3-5-15(16)11-17(19)18/h3-10H,2,11-12H2,1H3. The van der Waals surface area contributed by atoms with Gasteiger partial charge >= 0.3 is 0 Å². The van der Waals surface area contributed by atoms with Crippen LogP contribution < -0.4 is 4.90 Å². The molecule has 0 fully saturated rings. The summed E-state index contributed by atoms with van der Waals surface area (Å²) in [5.41, 5.74) is 6.15. The van der Waals surface area contributed by atoms with Crippen molar-refractivity contribution in [2.24, 2.45) is 0 Å². The van der Waals surface area contributed by atoms with Crippen molar-refractivity contribution in [1.29, 1.82) is 0 Å². The number of benzene rings is 2. The fourth-order valence-electron chi connectivity index (χ4n) is 2.54. The van der Waals surface area contributed by atoms with Gasteiger partial charge in [0.1, 0.15) is 0 Å². The number of hydrogen-bond donors (Lipinski definition) is 0. The molecule has 0 atom stereocenters. The number of halogens is 1. The van der Waals surface area contributed by atoms with Gasteiger partial charge in [-0.25, -0.2) is 0 Å². The van der Waals surface area contributed by atoms with Crippen molar-refractivity contribution in [2.75, 3.05) is 4.90 Å². The van der Waals surface area contributed by atoms with Gasteiger partial charge in [-0.3, -0.25) is 0 Å². The van der Waals surface area contributed by atoms with E-state index in [9.17, 15) is 0 Å². The van der Waals surface area contributed by atoms with E-state index in [0.29, 0.717) is 0 Å².